The summed E-state index contributed by atoms with van der Waals surface area (Å²) in [7, 11) is 0. The van der Waals surface area contributed by atoms with Crippen molar-refractivity contribution in [3.8, 4) is 0 Å². The molecular weight excluding hydrogens is 213 g/mol. The molecule has 17 heavy (non-hydrogen) atoms. The standard InChI is InChI=1S/C15H22FN/c1-11(2)15(6-7-15)10-17-9-13-4-5-14(16)8-12(13)3/h4-5,8,11,17H,6-7,9-10H2,1-3H3. The smallest absolute Gasteiger partial charge is 0.123 e. The van der Waals surface area contributed by atoms with Crippen LogP contribution >= 0.6 is 0 Å². The maximum atomic E-state index is 13.0. The fourth-order valence-corrected chi connectivity index (χ4v) is 2.42. The summed E-state index contributed by atoms with van der Waals surface area (Å²) in [6.45, 7) is 8.51. The predicted molar refractivity (Wildman–Crippen MR) is 69.3 cm³/mol. The van der Waals surface area contributed by atoms with E-state index >= 15 is 0 Å². The van der Waals surface area contributed by atoms with Crippen LogP contribution < -0.4 is 5.32 Å². The molecule has 1 aromatic rings. The molecule has 0 amide bonds. The quantitative estimate of drug-likeness (QED) is 0.821. The van der Waals surface area contributed by atoms with Gasteiger partial charge in [0.2, 0.25) is 0 Å². The summed E-state index contributed by atoms with van der Waals surface area (Å²) in [5.74, 6) is 0.608. The second-order valence-corrected chi connectivity index (χ2v) is 5.69. The molecule has 0 spiro atoms. The highest BCUT2D eigenvalue weighted by Crippen LogP contribution is 2.51. The fraction of sp³-hybridized carbons (Fsp3) is 0.600. The Bertz CT molecular complexity index is 394. The van der Waals surface area contributed by atoms with Gasteiger partial charge < -0.3 is 5.32 Å². The molecule has 0 radical (unpaired) electrons. The lowest BCUT2D eigenvalue weighted by molar-refractivity contribution is 0.337. The Kier molecular flexibility index (Phi) is 3.53. The minimum Gasteiger partial charge on any atom is -0.312 e. The van der Waals surface area contributed by atoms with E-state index in [4.69, 9.17) is 0 Å². The van der Waals surface area contributed by atoms with Gasteiger partial charge in [-0.05, 0) is 54.4 Å². The number of hydrogen-bond donors (Lipinski definition) is 1. The summed E-state index contributed by atoms with van der Waals surface area (Å²) in [5, 5.41) is 3.52. The van der Waals surface area contributed by atoms with Gasteiger partial charge in [-0.1, -0.05) is 19.9 Å². The van der Waals surface area contributed by atoms with E-state index < -0.39 is 0 Å². The molecule has 0 aromatic heterocycles. The fourth-order valence-electron chi connectivity index (χ4n) is 2.42. The summed E-state index contributed by atoms with van der Waals surface area (Å²) >= 11 is 0. The van der Waals surface area contributed by atoms with Gasteiger partial charge in [0.15, 0.2) is 0 Å². The summed E-state index contributed by atoms with van der Waals surface area (Å²) in [5.41, 5.74) is 2.77. The van der Waals surface area contributed by atoms with Crippen LogP contribution in [0.15, 0.2) is 18.2 Å². The number of halogens is 1. The Balaban J connectivity index is 1.86. The number of aryl methyl sites for hydroxylation is 1. The number of hydrogen-bond acceptors (Lipinski definition) is 1. The lowest BCUT2D eigenvalue weighted by Gasteiger charge is -2.20. The van der Waals surface area contributed by atoms with Crippen LogP contribution in [0.25, 0.3) is 0 Å². The lowest BCUT2D eigenvalue weighted by atomic mass is 9.92. The van der Waals surface area contributed by atoms with Crippen molar-refractivity contribution in [1.82, 2.24) is 5.32 Å². The van der Waals surface area contributed by atoms with E-state index in [0.717, 1.165) is 24.6 Å². The van der Waals surface area contributed by atoms with Crippen molar-refractivity contribution in [2.45, 2.75) is 40.2 Å². The van der Waals surface area contributed by atoms with Crippen molar-refractivity contribution in [3.63, 3.8) is 0 Å². The molecule has 1 aliphatic rings. The Hall–Kier alpha value is -0.890. The van der Waals surface area contributed by atoms with Crippen LogP contribution in [0.4, 0.5) is 4.39 Å². The van der Waals surface area contributed by atoms with Gasteiger partial charge in [-0.2, -0.15) is 0 Å². The Morgan fingerprint density at radius 1 is 1.35 bits per heavy atom. The van der Waals surface area contributed by atoms with Crippen LogP contribution in [0.3, 0.4) is 0 Å². The van der Waals surface area contributed by atoms with E-state index in [1.165, 1.54) is 18.4 Å². The molecule has 1 saturated carbocycles. The zero-order valence-electron chi connectivity index (χ0n) is 11.0. The largest absolute Gasteiger partial charge is 0.312 e. The summed E-state index contributed by atoms with van der Waals surface area (Å²) in [4.78, 5) is 0. The molecule has 0 heterocycles. The third-order valence-electron chi connectivity index (χ3n) is 4.21. The summed E-state index contributed by atoms with van der Waals surface area (Å²) in [6.07, 6.45) is 2.69. The SMILES string of the molecule is Cc1cc(F)ccc1CNCC1(C(C)C)CC1. The normalized spacial score (nSPS) is 17.5. The molecule has 94 valence electrons. The van der Waals surface area contributed by atoms with Gasteiger partial charge in [0.25, 0.3) is 0 Å². The van der Waals surface area contributed by atoms with E-state index in [0.29, 0.717) is 5.41 Å². The van der Waals surface area contributed by atoms with Crippen LogP contribution in [0.1, 0.15) is 37.8 Å². The van der Waals surface area contributed by atoms with Crippen molar-refractivity contribution >= 4 is 0 Å². The van der Waals surface area contributed by atoms with E-state index in [9.17, 15) is 4.39 Å². The first-order valence-electron chi connectivity index (χ1n) is 6.49. The van der Waals surface area contributed by atoms with Crippen LogP contribution in [0.5, 0.6) is 0 Å². The third kappa shape index (κ3) is 2.86. The Labute approximate surface area is 103 Å². The average molecular weight is 235 g/mol. The van der Waals surface area contributed by atoms with Crippen molar-refractivity contribution in [2.24, 2.45) is 11.3 Å². The summed E-state index contributed by atoms with van der Waals surface area (Å²) in [6, 6.07) is 5.03. The zero-order valence-corrected chi connectivity index (χ0v) is 11.0. The molecule has 0 bridgehead atoms. The molecule has 0 saturated heterocycles. The number of rotatable bonds is 5. The van der Waals surface area contributed by atoms with Gasteiger partial charge in [-0.25, -0.2) is 4.39 Å². The first kappa shape index (κ1) is 12.6. The topological polar surface area (TPSA) is 12.0 Å². The van der Waals surface area contributed by atoms with Crippen LogP contribution in [0.2, 0.25) is 0 Å². The van der Waals surface area contributed by atoms with Gasteiger partial charge >= 0.3 is 0 Å². The van der Waals surface area contributed by atoms with Crippen molar-refractivity contribution in [1.29, 1.82) is 0 Å². The molecule has 0 unspecified atom stereocenters. The summed E-state index contributed by atoms with van der Waals surface area (Å²) < 4.78 is 13.0. The van der Waals surface area contributed by atoms with Gasteiger partial charge in [-0.3, -0.25) is 0 Å². The molecule has 1 nitrogen and oxygen atoms in total. The number of nitrogens with one attached hydrogen (secondary N) is 1. The Morgan fingerprint density at radius 2 is 2.06 bits per heavy atom. The van der Waals surface area contributed by atoms with Crippen LogP contribution in [-0.2, 0) is 6.54 Å². The first-order chi connectivity index (χ1) is 8.03. The molecular formula is C15H22FN. The lowest BCUT2D eigenvalue weighted by Crippen LogP contribution is -2.27. The highest BCUT2D eigenvalue weighted by atomic mass is 19.1. The molecule has 0 aliphatic heterocycles. The van der Waals surface area contributed by atoms with E-state index in [1.807, 2.05) is 13.0 Å². The third-order valence-corrected chi connectivity index (χ3v) is 4.21. The average Bonchev–Trinajstić information content (AvgIpc) is 3.02. The first-order valence-corrected chi connectivity index (χ1v) is 6.49. The highest BCUT2D eigenvalue weighted by Gasteiger charge is 2.44. The van der Waals surface area contributed by atoms with Gasteiger partial charge in [-0.15, -0.1) is 0 Å². The maximum Gasteiger partial charge on any atom is 0.123 e. The highest BCUT2D eigenvalue weighted by molar-refractivity contribution is 5.26. The minimum atomic E-state index is -0.146. The Morgan fingerprint density at radius 3 is 2.59 bits per heavy atom. The second-order valence-electron chi connectivity index (χ2n) is 5.69. The molecule has 2 heteroatoms. The molecule has 0 atom stereocenters. The van der Waals surface area contributed by atoms with Crippen molar-refractivity contribution < 1.29 is 4.39 Å². The van der Waals surface area contributed by atoms with E-state index in [1.54, 1.807) is 12.1 Å². The van der Waals surface area contributed by atoms with Crippen molar-refractivity contribution in [2.75, 3.05) is 6.54 Å². The zero-order chi connectivity index (χ0) is 12.5. The second kappa shape index (κ2) is 4.77. The molecule has 1 fully saturated rings. The van der Waals surface area contributed by atoms with Crippen molar-refractivity contribution in [3.05, 3.63) is 35.1 Å². The van der Waals surface area contributed by atoms with Gasteiger partial charge in [0.05, 0.1) is 0 Å². The predicted octanol–water partition coefficient (Wildman–Crippen LogP) is 3.66. The maximum absolute atomic E-state index is 13.0. The molecule has 1 aliphatic carbocycles. The monoisotopic (exact) mass is 235 g/mol. The molecule has 1 aromatic carbocycles. The van der Waals surface area contributed by atoms with Crippen LogP contribution in [0, 0.1) is 24.1 Å². The molecule has 1 N–H and O–H groups in total. The minimum absolute atomic E-state index is 0.146. The van der Waals surface area contributed by atoms with Crippen LogP contribution in [-0.4, -0.2) is 6.54 Å². The van der Waals surface area contributed by atoms with E-state index in [-0.39, 0.29) is 5.82 Å². The van der Waals surface area contributed by atoms with E-state index in [2.05, 4.69) is 19.2 Å². The van der Waals surface area contributed by atoms with Gasteiger partial charge in [0, 0.05) is 13.1 Å². The van der Waals surface area contributed by atoms with Gasteiger partial charge in [0.1, 0.15) is 5.82 Å². The number of benzene rings is 1. The molecule has 2 rings (SSSR count).